The molecule has 1 aromatic heterocycles. The predicted octanol–water partition coefficient (Wildman–Crippen LogP) is 1.52. The number of nitrogen functional groups attached to an aromatic ring is 1. The van der Waals surface area contributed by atoms with E-state index in [9.17, 15) is 20.0 Å². The fourth-order valence-corrected chi connectivity index (χ4v) is 1.91. The second-order valence-electron chi connectivity index (χ2n) is 5.03. The highest BCUT2D eigenvalue weighted by Gasteiger charge is 2.04. The third-order valence-electron chi connectivity index (χ3n) is 3.15. The van der Waals surface area contributed by atoms with Gasteiger partial charge in [-0.1, -0.05) is 0 Å². The monoisotopic (exact) mass is 343 g/mol. The van der Waals surface area contributed by atoms with E-state index in [2.05, 4.69) is 15.6 Å². The number of nitrogens with zero attached hydrogens (tertiary/aromatic N) is 2. The van der Waals surface area contributed by atoms with E-state index in [-0.39, 0.29) is 17.3 Å². The summed E-state index contributed by atoms with van der Waals surface area (Å²) in [4.78, 5) is 25.6. The standard InChI is InChI=1S/C16H17N5O4/c17-12-2-4-14(22)11(9-12)1-6-16(23)19-8-7-18-15-5-3-13(10-20-15)21(24)25/h1-6,9-10,22H,7-8,17H2,(H,18,20)(H,19,23). The second kappa shape index (κ2) is 8.29. The first-order valence-corrected chi connectivity index (χ1v) is 7.34. The van der Waals surface area contributed by atoms with Gasteiger partial charge < -0.3 is 21.5 Å². The molecule has 0 fully saturated rings. The van der Waals surface area contributed by atoms with E-state index in [0.717, 1.165) is 6.20 Å². The van der Waals surface area contributed by atoms with Crippen molar-refractivity contribution in [2.75, 3.05) is 24.1 Å². The number of carbonyl (C=O) groups is 1. The molecule has 0 aliphatic heterocycles. The number of anilines is 2. The molecule has 25 heavy (non-hydrogen) atoms. The van der Waals surface area contributed by atoms with Crippen LogP contribution >= 0.6 is 0 Å². The molecular weight excluding hydrogens is 326 g/mol. The Morgan fingerprint density at radius 1 is 1.32 bits per heavy atom. The summed E-state index contributed by atoms with van der Waals surface area (Å²) in [6.07, 6.45) is 3.91. The van der Waals surface area contributed by atoms with Crippen LogP contribution in [0.4, 0.5) is 17.2 Å². The summed E-state index contributed by atoms with van der Waals surface area (Å²) in [5.41, 5.74) is 6.46. The van der Waals surface area contributed by atoms with E-state index >= 15 is 0 Å². The van der Waals surface area contributed by atoms with Gasteiger partial charge in [-0.15, -0.1) is 0 Å². The quantitative estimate of drug-likeness (QED) is 0.149. The largest absolute Gasteiger partial charge is 0.507 e. The fraction of sp³-hybridized carbons (Fsp3) is 0.125. The van der Waals surface area contributed by atoms with Crippen LogP contribution in [0.3, 0.4) is 0 Å². The molecule has 0 unspecified atom stereocenters. The van der Waals surface area contributed by atoms with Gasteiger partial charge in [-0.05, 0) is 30.3 Å². The molecule has 9 heteroatoms. The Hall–Kier alpha value is -3.62. The van der Waals surface area contributed by atoms with E-state index in [4.69, 9.17) is 5.73 Å². The molecule has 0 atom stereocenters. The minimum atomic E-state index is -0.526. The number of nitrogens with two attached hydrogens (primary N) is 1. The third-order valence-corrected chi connectivity index (χ3v) is 3.15. The van der Waals surface area contributed by atoms with Gasteiger partial charge in [0.05, 0.1) is 4.92 Å². The summed E-state index contributed by atoms with van der Waals surface area (Å²) in [5.74, 6) is 0.171. The van der Waals surface area contributed by atoms with Gasteiger partial charge in [-0.3, -0.25) is 14.9 Å². The zero-order valence-corrected chi connectivity index (χ0v) is 13.2. The van der Waals surface area contributed by atoms with Crippen molar-refractivity contribution in [3.8, 4) is 5.75 Å². The van der Waals surface area contributed by atoms with Gasteiger partial charge >= 0.3 is 0 Å². The smallest absolute Gasteiger partial charge is 0.287 e. The molecule has 0 aliphatic rings. The zero-order chi connectivity index (χ0) is 18.2. The van der Waals surface area contributed by atoms with E-state index in [1.54, 1.807) is 12.1 Å². The third kappa shape index (κ3) is 5.50. The fourth-order valence-electron chi connectivity index (χ4n) is 1.91. The number of hydrogen-bond acceptors (Lipinski definition) is 7. The van der Waals surface area contributed by atoms with Crippen molar-refractivity contribution in [2.45, 2.75) is 0 Å². The van der Waals surface area contributed by atoms with Crippen molar-refractivity contribution < 1.29 is 14.8 Å². The number of aromatic nitrogens is 1. The molecule has 1 amide bonds. The van der Waals surface area contributed by atoms with E-state index < -0.39 is 4.92 Å². The Balaban J connectivity index is 1.76. The number of aromatic hydroxyl groups is 1. The molecule has 2 rings (SSSR count). The first-order valence-electron chi connectivity index (χ1n) is 7.34. The number of carbonyl (C=O) groups excluding carboxylic acids is 1. The second-order valence-corrected chi connectivity index (χ2v) is 5.03. The maximum atomic E-state index is 11.7. The molecule has 0 saturated heterocycles. The number of hydrogen-bond donors (Lipinski definition) is 4. The molecule has 0 bridgehead atoms. The Morgan fingerprint density at radius 2 is 2.12 bits per heavy atom. The van der Waals surface area contributed by atoms with Crippen LogP contribution in [0, 0.1) is 10.1 Å². The topological polar surface area (TPSA) is 143 Å². The average Bonchev–Trinajstić information content (AvgIpc) is 2.60. The minimum Gasteiger partial charge on any atom is -0.507 e. The number of phenolic OH excluding ortho intramolecular Hbond substituents is 1. The van der Waals surface area contributed by atoms with Crippen molar-refractivity contribution in [1.29, 1.82) is 0 Å². The molecule has 0 aliphatic carbocycles. The maximum absolute atomic E-state index is 11.7. The van der Waals surface area contributed by atoms with Crippen molar-refractivity contribution in [2.24, 2.45) is 0 Å². The lowest BCUT2D eigenvalue weighted by atomic mass is 10.1. The van der Waals surface area contributed by atoms with Gasteiger partial charge in [0.1, 0.15) is 17.8 Å². The SMILES string of the molecule is Nc1ccc(O)c(C=CC(=O)NCCNc2ccc([N+](=O)[O-])cn2)c1. The molecular formula is C16H17N5O4. The molecule has 0 saturated carbocycles. The summed E-state index contributed by atoms with van der Waals surface area (Å²) < 4.78 is 0. The van der Waals surface area contributed by atoms with Crippen molar-refractivity contribution in [3.05, 3.63) is 58.3 Å². The van der Waals surface area contributed by atoms with Gasteiger partial charge in [-0.25, -0.2) is 4.98 Å². The van der Waals surface area contributed by atoms with Crippen LogP contribution in [0.15, 0.2) is 42.6 Å². The van der Waals surface area contributed by atoms with Gasteiger partial charge in [0.2, 0.25) is 5.91 Å². The van der Waals surface area contributed by atoms with Crippen molar-refractivity contribution in [3.63, 3.8) is 0 Å². The molecule has 5 N–H and O–H groups in total. The number of nitrogens with one attached hydrogen (secondary N) is 2. The van der Waals surface area contributed by atoms with Crippen LogP contribution in [0.2, 0.25) is 0 Å². The molecule has 2 aromatic rings. The predicted molar refractivity (Wildman–Crippen MR) is 93.9 cm³/mol. The molecule has 0 spiro atoms. The number of nitro groups is 1. The molecule has 130 valence electrons. The van der Waals surface area contributed by atoms with Crippen LogP contribution in [0.25, 0.3) is 6.08 Å². The van der Waals surface area contributed by atoms with Crippen LogP contribution in [-0.2, 0) is 4.79 Å². The van der Waals surface area contributed by atoms with Gasteiger partial charge in [0, 0.05) is 36.5 Å². The highest BCUT2D eigenvalue weighted by molar-refractivity contribution is 5.92. The normalized spacial score (nSPS) is 10.6. The number of amides is 1. The minimum absolute atomic E-state index is 0.0316. The lowest BCUT2D eigenvalue weighted by Crippen LogP contribution is -2.27. The Morgan fingerprint density at radius 3 is 2.80 bits per heavy atom. The van der Waals surface area contributed by atoms with Crippen LogP contribution in [-0.4, -0.2) is 34.0 Å². The van der Waals surface area contributed by atoms with Crippen molar-refractivity contribution >= 4 is 29.2 Å². The van der Waals surface area contributed by atoms with E-state index in [1.807, 2.05) is 0 Å². The Labute approximate surface area is 143 Å². The van der Waals surface area contributed by atoms with Gasteiger partial charge in [-0.2, -0.15) is 0 Å². The first-order chi connectivity index (χ1) is 12.0. The lowest BCUT2D eigenvalue weighted by molar-refractivity contribution is -0.385. The average molecular weight is 343 g/mol. The summed E-state index contributed by atoms with van der Waals surface area (Å²) >= 11 is 0. The van der Waals surface area contributed by atoms with E-state index in [0.29, 0.717) is 30.2 Å². The summed E-state index contributed by atoms with van der Waals surface area (Å²) in [6.45, 7) is 0.721. The van der Waals surface area contributed by atoms with Gasteiger partial charge in [0.15, 0.2) is 0 Å². The highest BCUT2D eigenvalue weighted by atomic mass is 16.6. The molecule has 0 radical (unpaired) electrons. The number of rotatable bonds is 7. The Kier molecular flexibility index (Phi) is 5.88. The number of benzene rings is 1. The Bertz CT molecular complexity index is 790. The van der Waals surface area contributed by atoms with Crippen molar-refractivity contribution in [1.82, 2.24) is 10.3 Å². The van der Waals surface area contributed by atoms with Crippen LogP contribution in [0.1, 0.15) is 5.56 Å². The van der Waals surface area contributed by atoms with Gasteiger partial charge in [0.25, 0.3) is 5.69 Å². The molecule has 1 heterocycles. The highest BCUT2D eigenvalue weighted by Crippen LogP contribution is 2.20. The number of pyridine rings is 1. The zero-order valence-electron chi connectivity index (χ0n) is 13.2. The first kappa shape index (κ1) is 17.7. The van der Waals surface area contributed by atoms with E-state index in [1.165, 1.54) is 30.4 Å². The summed E-state index contributed by atoms with van der Waals surface area (Å²) in [6, 6.07) is 7.40. The van der Waals surface area contributed by atoms with Crippen LogP contribution < -0.4 is 16.4 Å². The molecule has 1 aromatic carbocycles. The summed E-state index contributed by atoms with van der Waals surface area (Å²) in [7, 11) is 0. The lowest BCUT2D eigenvalue weighted by Gasteiger charge is -2.05. The van der Waals surface area contributed by atoms with Crippen LogP contribution in [0.5, 0.6) is 5.75 Å². The molecule has 9 nitrogen and oxygen atoms in total. The number of phenols is 1. The maximum Gasteiger partial charge on any atom is 0.287 e. The summed E-state index contributed by atoms with van der Waals surface area (Å²) in [5, 5.41) is 25.7.